The van der Waals surface area contributed by atoms with Crippen molar-refractivity contribution in [1.82, 2.24) is 19.9 Å². The van der Waals surface area contributed by atoms with Crippen LogP contribution in [0.15, 0.2) is 4.52 Å². The lowest BCUT2D eigenvalue weighted by atomic mass is 10.2. The van der Waals surface area contributed by atoms with E-state index in [1.165, 1.54) is 12.8 Å². The summed E-state index contributed by atoms with van der Waals surface area (Å²) in [6.07, 6.45) is 2.43. The molecule has 20 heavy (non-hydrogen) atoms. The highest BCUT2D eigenvalue weighted by atomic mass is 16.5. The smallest absolute Gasteiger partial charge is 0.243 e. The Morgan fingerprint density at radius 3 is 2.70 bits per heavy atom. The maximum Gasteiger partial charge on any atom is 0.243 e. The van der Waals surface area contributed by atoms with E-state index in [1.807, 2.05) is 0 Å². The summed E-state index contributed by atoms with van der Waals surface area (Å²) in [4.78, 5) is 9.43. The van der Waals surface area contributed by atoms with Crippen LogP contribution in [0, 0.1) is 0 Å². The molecule has 6 heteroatoms. The van der Waals surface area contributed by atoms with Gasteiger partial charge in [0, 0.05) is 45.8 Å². The lowest BCUT2D eigenvalue weighted by Crippen LogP contribution is -2.47. The van der Waals surface area contributed by atoms with E-state index in [0.29, 0.717) is 5.92 Å². The van der Waals surface area contributed by atoms with E-state index >= 15 is 0 Å². The van der Waals surface area contributed by atoms with Crippen molar-refractivity contribution in [3.63, 3.8) is 0 Å². The lowest BCUT2D eigenvalue weighted by molar-refractivity contribution is 0.0697. The zero-order valence-corrected chi connectivity index (χ0v) is 12.4. The van der Waals surface area contributed by atoms with Crippen molar-refractivity contribution in [2.45, 2.75) is 31.7 Å². The van der Waals surface area contributed by atoms with Gasteiger partial charge >= 0.3 is 0 Å². The molecule has 1 aliphatic heterocycles. The molecule has 0 spiro atoms. The summed E-state index contributed by atoms with van der Waals surface area (Å²) in [5.41, 5.74) is 0. The van der Waals surface area contributed by atoms with Gasteiger partial charge in [0.25, 0.3) is 0 Å². The molecule has 2 heterocycles. The maximum absolute atomic E-state index is 5.44. The van der Waals surface area contributed by atoms with Crippen molar-refractivity contribution in [3.8, 4) is 0 Å². The number of hydrogen-bond acceptors (Lipinski definition) is 6. The van der Waals surface area contributed by atoms with Crippen LogP contribution in [0.2, 0.25) is 0 Å². The zero-order valence-electron chi connectivity index (χ0n) is 12.4. The van der Waals surface area contributed by atoms with Crippen molar-refractivity contribution in [1.29, 1.82) is 0 Å². The molecule has 2 fully saturated rings. The minimum absolute atomic E-state index is 0.222. The average molecular weight is 280 g/mol. The van der Waals surface area contributed by atoms with Crippen molar-refractivity contribution in [3.05, 3.63) is 11.7 Å². The Morgan fingerprint density at radius 2 is 2.05 bits per heavy atom. The quantitative estimate of drug-likeness (QED) is 0.782. The van der Waals surface area contributed by atoms with Crippen molar-refractivity contribution < 1.29 is 9.26 Å². The van der Waals surface area contributed by atoms with E-state index < -0.39 is 0 Å². The molecule has 1 atom stereocenters. The number of nitrogens with zero attached hydrogens (tertiary/aromatic N) is 4. The van der Waals surface area contributed by atoms with Gasteiger partial charge in [0.05, 0.1) is 12.6 Å². The molecule has 1 saturated carbocycles. The molecule has 1 aliphatic carbocycles. The molecule has 0 N–H and O–H groups in total. The van der Waals surface area contributed by atoms with Crippen LogP contribution < -0.4 is 0 Å². The average Bonchev–Trinajstić information content (AvgIpc) is 3.22. The molecule has 1 aromatic heterocycles. The molecule has 6 nitrogen and oxygen atoms in total. The third-order valence-electron chi connectivity index (χ3n) is 4.32. The summed E-state index contributed by atoms with van der Waals surface area (Å²) in [6, 6.07) is 0.222. The summed E-state index contributed by atoms with van der Waals surface area (Å²) in [6.45, 7) is 8.25. The second kappa shape index (κ2) is 6.20. The van der Waals surface area contributed by atoms with Crippen LogP contribution in [0.25, 0.3) is 0 Å². The Bertz CT molecular complexity index is 425. The van der Waals surface area contributed by atoms with Crippen molar-refractivity contribution in [2.24, 2.45) is 0 Å². The molecule has 0 bridgehead atoms. The lowest BCUT2D eigenvalue weighted by Gasteiger charge is -2.36. The Kier molecular flexibility index (Phi) is 4.33. The number of ether oxygens (including phenoxy) is 1. The first-order chi connectivity index (χ1) is 9.78. The minimum Gasteiger partial charge on any atom is -0.383 e. The van der Waals surface area contributed by atoms with Gasteiger partial charge in [0.15, 0.2) is 5.82 Å². The van der Waals surface area contributed by atoms with Gasteiger partial charge in [-0.1, -0.05) is 5.16 Å². The van der Waals surface area contributed by atoms with E-state index in [-0.39, 0.29) is 6.04 Å². The molecule has 0 amide bonds. The first kappa shape index (κ1) is 14.0. The van der Waals surface area contributed by atoms with Gasteiger partial charge in [-0.2, -0.15) is 4.98 Å². The van der Waals surface area contributed by atoms with Crippen molar-refractivity contribution in [2.75, 3.05) is 46.4 Å². The van der Waals surface area contributed by atoms with E-state index in [0.717, 1.165) is 51.0 Å². The Hall–Kier alpha value is -0.980. The molecule has 0 aromatic carbocycles. The van der Waals surface area contributed by atoms with E-state index in [9.17, 15) is 0 Å². The van der Waals surface area contributed by atoms with Gasteiger partial charge in [-0.15, -0.1) is 0 Å². The minimum atomic E-state index is 0.222. The zero-order chi connectivity index (χ0) is 13.9. The highest BCUT2D eigenvalue weighted by molar-refractivity contribution is 5.04. The summed E-state index contributed by atoms with van der Waals surface area (Å²) >= 11 is 0. The Morgan fingerprint density at radius 1 is 1.30 bits per heavy atom. The molecule has 0 radical (unpaired) electrons. The van der Waals surface area contributed by atoms with E-state index in [2.05, 4.69) is 26.9 Å². The fraction of sp³-hybridized carbons (Fsp3) is 0.857. The second-order valence-electron chi connectivity index (χ2n) is 5.81. The summed E-state index contributed by atoms with van der Waals surface area (Å²) < 4.78 is 10.6. The van der Waals surface area contributed by atoms with Crippen LogP contribution in [0.4, 0.5) is 0 Å². The van der Waals surface area contributed by atoms with Gasteiger partial charge in [0.2, 0.25) is 5.89 Å². The third-order valence-corrected chi connectivity index (χ3v) is 4.32. The van der Waals surface area contributed by atoms with Crippen LogP contribution in [-0.2, 0) is 4.74 Å². The van der Waals surface area contributed by atoms with Crippen LogP contribution in [-0.4, -0.2) is 66.4 Å². The van der Waals surface area contributed by atoms with E-state index in [1.54, 1.807) is 7.11 Å². The maximum atomic E-state index is 5.44. The number of methoxy groups -OCH3 is 1. The van der Waals surface area contributed by atoms with Crippen LogP contribution in [0.3, 0.4) is 0 Å². The van der Waals surface area contributed by atoms with E-state index in [4.69, 9.17) is 9.26 Å². The van der Waals surface area contributed by atoms with Crippen LogP contribution in [0.1, 0.15) is 43.4 Å². The van der Waals surface area contributed by atoms with Crippen LogP contribution >= 0.6 is 0 Å². The second-order valence-corrected chi connectivity index (χ2v) is 5.81. The Labute approximate surface area is 120 Å². The largest absolute Gasteiger partial charge is 0.383 e. The predicted octanol–water partition coefficient (Wildman–Crippen LogP) is 1.27. The molecule has 112 valence electrons. The fourth-order valence-electron chi connectivity index (χ4n) is 2.68. The number of hydrogen-bond donors (Lipinski definition) is 0. The molecule has 1 aromatic rings. The highest BCUT2D eigenvalue weighted by Gasteiger charge is 2.31. The van der Waals surface area contributed by atoms with Crippen LogP contribution in [0.5, 0.6) is 0 Å². The normalized spacial score (nSPS) is 23.1. The molecule has 1 saturated heterocycles. The topological polar surface area (TPSA) is 54.6 Å². The number of piperazine rings is 1. The number of aromatic nitrogens is 2. The first-order valence-corrected chi connectivity index (χ1v) is 7.56. The number of rotatable bonds is 6. The summed E-state index contributed by atoms with van der Waals surface area (Å²) in [7, 11) is 1.76. The SMILES string of the molecule is COCCN1CCN([C@H](C)c2nc(C3CC3)no2)CC1. The molecule has 3 rings (SSSR count). The molecule has 2 aliphatic rings. The van der Waals surface area contributed by atoms with Gasteiger partial charge in [-0.05, 0) is 19.8 Å². The summed E-state index contributed by atoms with van der Waals surface area (Å²) in [5.74, 6) is 2.24. The van der Waals surface area contributed by atoms with Crippen molar-refractivity contribution >= 4 is 0 Å². The van der Waals surface area contributed by atoms with Gasteiger partial charge < -0.3 is 9.26 Å². The summed E-state index contributed by atoms with van der Waals surface area (Å²) in [5, 5.41) is 4.11. The third kappa shape index (κ3) is 3.19. The monoisotopic (exact) mass is 280 g/mol. The molecule has 0 unspecified atom stereocenters. The molecular formula is C14H24N4O2. The molecular weight excluding hydrogens is 256 g/mol. The predicted molar refractivity (Wildman–Crippen MR) is 74.6 cm³/mol. The Balaban J connectivity index is 1.51. The standard InChI is InChI=1S/C14H24N4O2/c1-11(14-15-13(16-20-14)12-3-4-12)18-7-5-17(6-8-18)9-10-19-2/h11-12H,3-10H2,1-2H3/t11-/m1/s1. The fourth-order valence-corrected chi connectivity index (χ4v) is 2.68. The van der Waals surface area contributed by atoms with Gasteiger partial charge in [0.1, 0.15) is 0 Å². The van der Waals surface area contributed by atoms with Gasteiger partial charge in [-0.3, -0.25) is 9.80 Å². The van der Waals surface area contributed by atoms with Gasteiger partial charge in [-0.25, -0.2) is 0 Å². The highest BCUT2D eigenvalue weighted by Crippen LogP contribution is 2.38. The first-order valence-electron chi connectivity index (χ1n) is 7.56.